The maximum absolute atomic E-state index is 11.7. The molecule has 0 spiro atoms. The van der Waals surface area contributed by atoms with Crippen LogP contribution in [0, 0.1) is 0 Å². The van der Waals surface area contributed by atoms with Gasteiger partial charge >= 0.3 is 5.97 Å². The maximum atomic E-state index is 11.7. The van der Waals surface area contributed by atoms with Crippen molar-refractivity contribution in [2.75, 3.05) is 12.9 Å². The molecule has 0 unspecified atom stereocenters. The number of methoxy groups -OCH3 is 1. The van der Waals surface area contributed by atoms with Crippen LogP contribution in [-0.4, -0.2) is 27.2 Å². The van der Waals surface area contributed by atoms with Gasteiger partial charge in [0.05, 0.1) is 23.3 Å². The molecular formula is C11H14O4S. The lowest BCUT2D eigenvalue weighted by atomic mass is 10.2. The van der Waals surface area contributed by atoms with Gasteiger partial charge in [-0.15, -0.1) is 0 Å². The summed E-state index contributed by atoms with van der Waals surface area (Å²) in [7, 11) is -1.93. The highest BCUT2D eigenvalue weighted by Crippen LogP contribution is 2.13. The zero-order valence-corrected chi connectivity index (χ0v) is 10.1. The molecule has 0 heterocycles. The van der Waals surface area contributed by atoms with E-state index in [4.69, 9.17) is 0 Å². The van der Waals surface area contributed by atoms with Gasteiger partial charge in [0.1, 0.15) is 0 Å². The lowest BCUT2D eigenvalue weighted by molar-refractivity contribution is 0.0600. The fourth-order valence-electron chi connectivity index (χ4n) is 1.30. The van der Waals surface area contributed by atoms with E-state index in [0.29, 0.717) is 12.0 Å². The molecule has 0 saturated carbocycles. The molecule has 0 aliphatic rings. The van der Waals surface area contributed by atoms with Gasteiger partial charge in [0.15, 0.2) is 9.84 Å². The molecule has 0 amide bonds. The predicted octanol–water partition coefficient (Wildman–Crippen LogP) is 1.66. The van der Waals surface area contributed by atoms with Gasteiger partial charge in [-0.3, -0.25) is 0 Å². The highest BCUT2D eigenvalue weighted by Gasteiger charge is 2.13. The van der Waals surface area contributed by atoms with Crippen LogP contribution in [0.3, 0.4) is 0 Å². The van der Waals surface area contributed by atoms with Gasteiger partial charge in [-0.25, -0.2) is 13.2 Å². The first-order valence-corrected chi connectivity index (χ1v) is 6.57. The summed E-state index contributed by atoms with van der Waals surface area (Å²) in [5.74, 6) is -0.357. The average Bonchev–Trinajstić information content (AvgIpc) is 2.28. The van der Waals surface area contributed by atoms with Gasteiger partial charge in [-0.2, -0.15) is 0 Å². The molecule has 5 heteroatoms. The highest BCUT2D eigenvalue weighted by molar-refractivity contribution is 7.91. The summed E-state index contributed by atoms with van der Waals surface area (Å²) in [5, 5.41) is 0. The van der Waals surface area contributed by atoms with Gasteiger partial charge in [0.25, 0.3) is 0 Å². The summed E-state index contributed by atoms with van der Waals surface area (Å²) in [6.07, 6.45) is 0.571. The van der Waals surface area contributed by atoms with Crippen molar-refractivity contribution in [3.63, 3.8) is 0 Å². The van der Waals surface area contributed by atoms with Crippen LogP contribution >= 0.6 is 0 Å². The molecular weight excluding hydrogens is 228 g/mol. The van der Waals surface area contributed by atoms with Crippen molar-refractivity contribution in [2.45, 2.75) is 18.2 Å². The Morgan fingerprint density at radius 2 is 1.81 bits per heavy atom. The Morgan fingerprint density at radius 1 is 1.25 bits per heavy atom. The van der Waals surface area contributed by atoms with Crippen LogP contribution in [0.25, 0.3) is 0 Å². The Labute approximate surface area is 95.2 Å². The van der Waals surface area contributed by atoms with E-state index in [0.717, 1.165) is 0 Å². The molecule has 0 N–H and O–H groups in total. The fourth-order valence-corrected chi connectivity index (χ4v) is 2.63. The van der Waals surface area contributed by atoms with E-state index >= 15 is 0 Å². The molecule has 0 radical (unpaired) electrons. The molecule has 4 nitrogen and oxygen atoms in total. The molecule has 0 bridgehead atoms. The number of sulfone groups is 1. The van der Waals surface area contributed by atoms with E-state index in [1.54, 1.807) is 6.92 Å². The lowest BCUT2D eigenvalue weighted by Gasteiger charge is -2.03. The minimum Gasteiger partial charge on any atom is -0.465 e. The Kier molecular flexibility index (Phi) is 4.06. The van der Waals surface area contributed by atoms with Gasteiger partial charge in [-0.05, 0) is 30.7 Å². The minimum absolute atomic E-state index is 0.116. The average molecular weight is 242 g/mol. The quantitative estimate of drug-likeness (QED) is 0.753. The number of hydrogen-bond donors (Lipinski definition) is 0. The van der Waals surface area contributed by atoms with Crippen molar-refractivity contribution < 1.29 is 17.9 Å². The summed E-state index contributed by atoms with van der Waals surface area (Å²) < 4.78 is 27.9. The normalized spacial score (nSPS) is 11.1. The summed E-state index contributed by atoms with van der Waals surface area (Å²) in [6.45, 7) is 1.81. The van der Waals surface area contributed by atoms with Crippen LogP contribution in [0.1, 0.15) is 23.7 Å². The van der Waals surface area contributed by atoms with E-state index in [9.17, 15) is 13.2 Å². The summed E-state index contributed by atoms with van der Waals surface area (Å²) in [4.78, 5) is 11.4. The Hall–Kier alpha value is -1.36. The zero-order chi connectivity index (χ0) is 12.2. The van der Waals surface area contributed by atoms with E-state index in [-0.39, 0.29) is 10.6 Å². The van der Waals surface area contributed by atoms with Crippen LogP contribution in [0.15, 0.2) is 29.2 Å². The lowest BCUT2D eigenvalue weighted by Crippen LogP contribution is -2.07. The van der Waals surface area contributed by atoms with E-state index in [2.05, 4.69) is 4.74 Å². The second kappa shape index (κ2) is 5.12. The summed E-state index contributed by atoms with van der Waals surface area (Å²) in [5.41, 5.74) is 0.345. The van der Waals surface area contributed by atoms with Crippen molar-refractivity contribution in [3.8, 4) is 0 Å². The van der Waals surface area contributed by atoms with Crippen LogP contribution in [-0.2, 0) is 14.6 Å². The number of ether oxygens (including phenoxy) is 1. The minimum atomic E-state index is -3.21. The summed E-state index contributed by atoms with van der Waals surface area (Å²) >= 11 is 0. The Balaban J connectivity index is 3.00. The van der Waals surface area contributed by atoms with Crippen molar-refractivity contribution in [1.29, 1.82) is 0 Å². The summed E-state index contributed by atoms with van der Waals surface area (Å²) in [6, 6.07) is 5.76. The number of carbonyl (C=O) groups is 1. The molecule has 0 aliphatic heterocycles. The van der Waals surface area contributed by atoms with E-state index in [1.165, 1.54) is 31.4 Å². The fraction of sp³-hybridized carbons (Fsp3) is 0.364. The van der Waals surface area contributed by atoms with Crippen LogP contribution in [0.2, 0.25) is 0 Å². The van der Waals surface area contributed by atoms with Crippen LogP contribution < -0.4 is 0 Å². The predicted molar refractivity (Wildman–Crippen MR) is 60.1 cm³/mol. The zero-order valence-electron chi connectivity index (χ0n) is 9.26. The van der Waals surface area contributed by atoms with Crippen molar-refractivity contribution in [1.82, 2.24) is 0 Å². The molecule has 0 fully saturated rings. The first kappa shape index (κ1) is 12.7. The second-order valence-electron chi connectivity index (χ2n) is 3.33. The smallest absolute Gasteiger partial charge is 0.337 e. The molecule has 1 rings (SSSR count). The number of rotatable bonds is 4. The Morgan fingerprint density at radius 3 is 2.25 bits per heavy atom. The highest BCUT2D eigenvalue weighted by atomic mass is 32.2. The first-order chi connectivity index (χ1) is 7.51. The third-order valence-electron chi connectivity index (χ3n) is 2.11. The van der Waals surface area contributed by atoms with Crippen molar-refractivity contribution in [3.05, 3.63) is 29.8 Å². The topological polar surface area (TPSA) is 60.4 Å². The maximum Gasteiger partial charge on any atom is 0.337 e. The number of carbonyl (C=O) groups excluding carboxylic acids is 1. The number of esters is 1. The van der Waals surface area contributed by atoms with Crippen LogP contribution in [0.4, 0.5) is 0 Å². The number of benzene rings is 1. The largest absolute Gasteiger partial charge is 0.465 e. The monoisotopic (exact) mass is 242 g/mol. The third kappa shape index (κ3) is 2.82. The standard InChI is InChI=1S/C11H14O4S/c1-3-8-16(13,14)10-6-4-9(5-7-10)11(12)15-2/h4-7H,3,8H2,1-2H3. The molecule has 16 heavy (non-hydrogen) atoms. The SMILES string of the molecule is CCCS(=O)(=O)c1ccc(C(=O)OC)cc1. The van der Waals surface area contributed by atoms with Crippen LogP contribution in [0.5, 0.6) is 0 Å². The Bertz CT molecular complexity index is 459. The second-order valence-corrected chi connectivity index (χ2v) is 5.44. The third-order valence-corrected chi connectivity index (χ3v) is 4.04. The van der Waals surface area contributed by atoms with E-state index < -0.39 is 15.8 Å². The van der Waals surface area contributed by atoms with Gasteiger partial charge in [0.2, 0.25) is 0 Å². The molecule has 0 aromatic heterocycles. The first-order valence-electron chi connectivity index (χ1n) is 4.92. The van der Waals surface area contributed by atoms with Gasteiger partial charge in [0, 0.05) is 0 Å². The number of hydrogen-bond acceptors (Lipinski definition) is 4. The van der Waals surface area contributed by atoms with Crippen molar-refractivity contribution in [2.24, 2.45) is 0 Å². The molecule has 88 valence electrons. The van der Waals surface area contributed by atoms with Gasteiger partial charge < -0.3 is 4.74 Å². The molecule has 1 aromatic rings. The molecule has 0 atom stereocenters. The van der Waals surface area contributed by atoms with Crippen molar-refractivity contribution >= 4 is 15.8 Å². The molecule has 0 aliphatic carbocycles. The molecule has 0 saturated heterocycles. The molecule has 1 aromatic carbocycles. The van der Waals surface area contributed by atoms with Gasteiger partial charge in [-0.1, -0.05) is 6.92 Å². The van der Waals surface area contributed by atoms with E-state index in [1.807, 2.05) is 0 Å².